The van der Waals surface area contributed by atoms with Crippen molar-refractivity contribution < 1.29 is 13.2 Å². The van der Waals surface area contributed by atoms with E-state index in [9.17, 15) is 13.2 Å². The van der Waals surface area contributed by atoms with Crippen LogP contribution in [0.2, 0.25) is 15.6 Å². The molecule has 0 bridgehead atoms. The van der Waals surface area contributed by atoms with Crippen molar-refractivity contribution in [3.8, 4) is 11.4 Å². The molecule has 3 nitrogen and oxygen atoms in total. The fraction of sp³-hybridized carbons (Fsp3) is 0.100. The van der Waals surface area contributed by atoms with Crippen molar-refractivity contribution >= 4 is 34.8 Å². The van der Waals surface area contributed by atoms with E-state index in [1.807, 2.05) is 0 Å². The summed E-state index contributed by atoms with van der Waals surface area (Å²) in [6, 6.07) is 3.10. The molecule has 2 aromatic rings. The van der Waals surface area contributed by atoms with Gasteiger partial charge in [-0.05, 0) is 35.3 Å². The van der Waals surface area contributed by atoms with Gasteiger partial charge in [-0.25, -0.2) is 0 Å². The summed E-state index contributed by atoms with van der Waals surface area (Å²) >= 11 is 16.8. The van der Waals surface area contributed by atoms with E-state index in [-0.39, 0.29) is 22.0 Å². The molecule has 0 aliphatic rings. The fourth-order valence-electron chi connectivity index (χ4n) is 1.34. The maximum Gasteiger partial charge on any atom is 0.417 e. The molecule has 0 unspecified atom stereocenters. The van der Waals surface area contributed by atoms with Crippen LogP contribution in [0.5, 0.6) is 0 Å². The highest BCUT2D eigenvalue weighted by Crippen LogP contribution is 2.36. The second-order valence-corrected chi connectivity index (χ2v) is 4.47. The molecule has 0 saturated heterocycles. The minimum absolute atomic E-state index is 0.0422. The van der Waals surface area contributed by atoms with E-state index >= 15 is 0 Å². The van der Waals surface area contributed by atoms with E-state index in [0.29, 0.717) is 0 Å². The van der Waals surface area contributed by atoms with Crippen LogP contribution in [0.1, 0.15) is 5.56 Å². The van der Waals surface area contributed by atoms with Crippen LogP contribution >= 0.6 is 34.8 Å². The van der Waals surface area contributed by atoms with Gasteiger partial charge in [-0.3, -0.25) is 0 Å². The molecular weight excluding hydrogens is 325 g/mol. The molecule has 1 heterocycles. The van der Waals surface area contributed by atoms with Gasteiger partial charge in [0.05, 0.1) is 10.6 Å². The first-order valence-electron chi connectivity index (χ1n) is 4.71. The third-order valence-electron chi connectivity index (χ3n) is 2.11. The topological polar surface area (TPSA) is 38.7 Å². The predicted molar refractivity (Wildman–Crippen MR) is 65.3 cm³/mol. The lowest BCUT2D eigenvalue weighted by Crippen LogP contribution is -2.05. The number of hydrogen-bond donors (Lipinski definition) is 0. The Morgan fingerprint density at radius 1 is 0.895 bits per heavy atom. The molecule has 0 radical (unpaired) electrons. The van der Waals surface area contributed by atoms with Crippen molar-refractivity contribution in [1.29, 1.82) is 0 Å². The molecule has 0 N–H and O–H groups in total. The predicted octanol–water partition coefficient (Wildman–Crippen LogP) is 4.52. The summed E-state index contributed by atoms with van der Waals surface area (Å²) in [5.41, 5.74) is -0.687. The van der Waals surface area contributed by atoms with E-state index < -0.39 is 16.8 Å². The highest BCUT2D eigenvalue weighted by Gasteiger charge is 2.33. The zero-order valence-corrected chi connectivity index (χ0v) is 11.1. The molecule has 100 valence electrons. The number of rotatable bonds is 1. The smallest absolute Gasteiger partial charge is 0.198 e. The van der Waals surface area contributed by atoms with Crippen LogP contribution in [0.15, 0.2) is 18.2 Å². The summed E-state index contributed by atoms with van der Waals surface area (Å²) in [5.74, 6) is 0.0422. The molecule has 0 fully saturated rings. The van der Waals surface area contributed by atoms with Crippen molar-refractivity contribution in [2.24, 2.45) is 0 Å². The van der Waals surface area contributed by atoms with Crippen LogP contribution in [0.4, 0.5) is 13.2 Å². The molecule has 0 spiro atoms. The van der Waals surface area contributed by atoms with Crippen LogP contribution < -0.4 is 0 Å². The molecule has 0 aliphatic heterocycles. The molecule has 2 rings (SSSR count). The van der Waals surface area contributed by atoms with Crippen molar-refractivity contribution in [3.05, 3.63) is 39.4 Å². The van der Waals surface area contributed by atoms with E-state index in [4.69, 9.17) is 34.8 Å². The van der Waals surface area contributed by atoms with E-state index in [2.05, 4.69) is 15.0 Å². The first-order chi connectivity index (χ1) is 8.77. The molecule has 1 aromatic heterocycles. The second-order valence-electron chi connectivity index (χ2n) is 3.39. The number of benzene rings is 1. The van der Waals surface area contributed by atoms with E-state index in [1.54, 1.807) is 0 Å². The van der Waals surface area contributed by atoms with Gasteiger partial charge in [-0.1, -0.05) is 17.7 Å². The summed E-state index contributed by atoms with van der Waals surface area (Å²) in [6.45, 7) is 0. The maximum absolute atomic E-state index is 12.5. The van der Waals surface area contributed by atoms with Crippen LogP contribution in [0.3, 0.4) is 0 Å². The Morgan fingerprint density at radius 2 is 1.47 bits per heavy atom. The Balaban J connectivity index is 2.50. The van der Waals surface area contributed by atoms with Gasteiger partial charge >= 0.3 is 6.18 Å². The SMILES string of the molecule is FC(F)(F)c1ccc(-c2nc(Cl)nc(Cl)n2)cc1Cl. The van der Waals surface area contributed by atoms with Crippen LogP contribution in [-0.4, -0.2) is 15.0 Å². The Hall–Kier alpha value is -1.11. The monoisotopic (exact) mass is 327 g/mol. The standard InChI is InChI=1S/C10H3Cl3F3N3/c11-6-3-4(1-2-5(6)10(14,15)16)7-17-8(12)19-9(13)18-7/h1-3H. The van der Waals surface area contributed by atoms with Gasteiger partial charge in [0, 0.05) is 5.56 Å². The summed E-state index contributed by atoms with van der Waals surface area (Å²) in [7, 11) is 0. The first-order valence-corrected chi connectivity index (χ1v) is 5.85. The Morgan fingerprint density at radius 3 is 1.95 bits per heavy atom. The Labute approximate surface area is 120 Å². The van der Waals surface area contributed by atoms with Gasteiger partial charge in [0.2, 0.25) is 10.6 Å². The number of hydrogen-bond acceptors (Lipinski definition) is 3. The molecule has 0 amide bonds. The van der Waals surface area contributed by atoms with E-state index in [0.717, 1.165) is 12.1 Å². The molecule has 0 atom stereocenters. The minimum Gasteiger partial charge on any atom is -0.198 e. The van der Waals surface area contributed by atoms with Gasteiger partial charge in [-0.15, -0.1) is 0 Å². The third-order valence-corrected chi connectivity index (χ3v) is 2.76. The largest absolute Gasteiger partial charge is 0.417 e. The van der Waals surface area contributed by atoms with Crippen LogP contribution in [0, 0.1) is 0 Å². The molecule has 0 aliphatic carbocycles. The molecular formula is C10H3Cl3F3N3. The average molecular weight is 329 g/mol. The number of aromatic nitrogens is 3. The highest BCUT2D eigenvalue weighted by molar-refractivity contribution is 6.32. The van der Waals surface area contributed by atoms with Crippen LogP contribution in [0.25, 0.3) is 11.4 Å². The van der Waals surface area contributed by atoms with Gasteiger partial charge in [-0.2, -0.15) is 28.1 Å². The fourth-order valence-corrected chi connectivity index (χ4v) is 1.99. The van der Waals surface area contributed by atoms with Gasteiger partial charge in [0.1, 0.15) is 0 Å². The van der Waals surface area contributed by atoms with Crippen molar-refractivity contribution in [3.63, 3.8) is 0 Å². The number of nitrogens with zero attached hydrogens (tertiary/aromatic N) is 3. The first kappa shape index (κ1) is 14.3. The summed E-state index contributed by atoms with van der Waals surface area (Å²) < 4.78 is 37.6. The number of halogens is 6. The van der Waals surface area contributed by atoms with Crippen LogP contribution in [-0.2, 0) is 6.18 Å². The highest BCUT2D eigenvalue weighted by atomic mass is 35.5. The molecule has 9 heteroatoms. The molecule has 19 heavy (non-hydrogen) atoms. The van der Waals surface area contributed by atoms with Crippen molar-refractivity contribution in [2.75, 3.05) is 0 Å². The Bertz CT molecular complexity index is 611. The Kier molecular flexibility index (Phi) is 3.85. The average Bonchev–Trinajstić information content (AvgIpc) is 2.25. The normalized spacial score (nSPS) is 11.7. The lowest BCUT2D eigenvalue weighted by molar-refractivity contribution is -0.137. The summed E-state index contributed by atoms with van der Waals surface area (Å²) in [6.07, 6.45) is -4.52. The van der Waals surface area contributed by atoms with E-state index in [1.165, 1.54) is 6.07 Å². The zero-order valence-electron chi connectivity index (χ0n) is 8.84. The third kappa shape index (κ3) is 3.26. The van der Waals surface area contributed by atoms with Gasteiger partial charge in [0.25, 0.3) is 0 Å². The van der Waals surface area contributed by atoms with Crippen molar-refractivity contribution in [2.45, 2.75) is 6.18 Å². The van der Waals surface area contributed by atoms with Gasteiger partial charge in [0.15, 0.2) is 5.82 Å². The summed E-state index contributed by atoms with van der Waals surface area (Å²) in [4.78, 5) is 11.0. The van der Waals surface area contributed by atoms with Gasteiger partial charge < -0.3 is 0 Å². The second kappa shape index (κ2) is 5.11. The molecule has 1 aromatic carbocycles. The lowest BCUT2D eigenvalue weighted by Gasteiger charge is -2.09. The zero-order chi connectivity index (χ0) is 14.2. The quantitative estimate of drug-likeness (QED) is 0.772. The summed E-state index contributed by atoms with van der Waals surface area (Å²) in [5, 5.41) is -0.783. The maximum atomic E-state index is 12.5. The minimum atomic E-state index is -4.52. The van der Waals surface area contributed by atoms with Crippen molar-refractivity contribution in [1.82, 2.24) is 15.0 Å². The number of alkyl halides is 3. The molecule has 0 saturated carbocycles. The lowest BCUT2D eigenvalue weighted by atomic mass is 10.1.